The van der Waals surface area contributed by atoms with Crippen LogP contribution in [0.15, 0.2) is 60.9 Å². The van der Waals surface area contributed by atoms with E-state index in [2.05, 4.69) is 83.9 Å². The summed E-state index contributed by atoms with van der Waals surface area (Å²) in [5.41, 5.74) is 5.58. The van der Waals surface area contributed by atoms with Gasteiger partial charge in [-0.3, -0.25) is 0 Å². The van der Waals surface area contributed by atoms with Gasteiger partial charge in [-0.05, 0) is 36.1 Å². The fourth-order valence-corrected chi connectivity index (χ4v) is 3.98. The van der Waals surface area contributed by atoms with Crippen LogP contribution in [0, 0.1) is 0 Å². The number of benzene rings is 2. The summed E-state index contributed by atoms with van der Waals surface area (Å²) in [5.74, 6) is 0. The van der Waals surface area contributed by atoms with Crippen LogP contribution in [-0.2, 0) is 19.5 Å². The molecule has 2 heteroatoms. The van der Waals surface area contributed by atoms with Crippen LogP contribution in [0.3, 0.4) is 0 Å². The summed E-state index contributed by atoms with van der Waals surface area (Å²) in [4.78, 5) is 0. The lowest BCUT2D eigenvalue weighted by atomic mass is 10.0. The highest BCUT2D eigenvalue weighted by Gasteiger charge is 2.12. The smallest absolute Gasteiger partial charge is 0.0483 e. The van der Waals surface area contributed by atoms with Crippen molar-refractivity contribution in [1.82, 2.24) is 9.13 Å². The molecule has 0 aliphatic rings. The molecular weight excluding hydrogens is 304 g/mol. The molecule has 0 unspecified atom stereocenters. The minimum absolute atomic E-state index is 0.994. The Morgan fingerprint density at radius 1 is 0.640 bits per heavy atom. The molecule has 25 heavy (non-hydrogen) atoms. The van der Waals surface area contributed by atoms with Gasteiger partial charge in [0.1, 0.15) is 0 Å². The summed E-state index contributed by atoms with van der Waals surface area (Å²) < 4.78 is 4.83. The summed E-state index contributed by atoms with van der Waals surface area (Å²) in [5, 5.41) is 2.78. The fraction of sp³-hybridized carbons (Fsp3) is 0.304. The van der Waals surface area contributed by atoms with E-state index in [1.165, 1.54) is 32.9 Å². The number of hydrogen-bond donors (Lipinski definition) is 0. The molecule has 0 radical (unpaired) electrons. The average molecular weight is 330 g/mol. The Kier molecular flexibility index (Phi) is 4.35. The van der Waals surface area contributed by atoms with Crippen molar-refractivity contribution in [1.29, 1.82) is 0 Å². The zero-order valence-electron chi connectivity index (χ0n) is 15.2. The zero-order chi connectivity index (χ0) is 17.2. The van der Waals surface area contributed by atoms with Crippen molar-refractivity contribution < 1.29 is 0 Å². The van der Waals surface area contributed by atoms with Gasteiger partial charge in [-0.15, -0.1) is 0 Å². The molecule has 0 saturated carbocycles. The molecule has 0 saturated heterocycles. The SMILES string of the molecule is CCCn1cc(Cc2cn(CCC)c3ccccc23)c2ccccc21. The Bertz CT molecular complexity index is 921. The van der Waals surface area contributed by atoms with Gasteiger partial charge in [0.05, 0.1) is 0 Å². The van der Waals surface area contributed by atoms with Crippen LogP contribution in [0.2, 0.25) is 0 Å². The van der Waals surface area contributed by atoms with Crippen molar-refractivity contribution in [2.24, 2.45) is 0 Å². The van der Waals surface area contributed by atoms with Crippen molar-refractivity contribution >= 4 is 21.8 Å². The Labute approximate surface area is 149 Å². The molecule has 0 aliphatic heterocycles. The summed E-state index contributed by atoms with van der Waals surface area (Å²) >= 11 is 0. The van der Waals surface area contributed by atoms with Crippen molar-refractivity contribution in [2.75, 3.05) is 0 Å². The van der Waals surface area contributed by atoms with E-state index >= 15 is 0 Å². The van der Waals surface area contributed by atoms with Gasteiger partial charge in [0.25, 0.3) is 0 Å². The molecular formula is C23H26N2. The lowest BCUT2D eigenvalue weighted by Gasteiger charge is -2.01. The molecule has 2 aromatic carbocycles. The Morgan fingerprint density at radius 2 is 1.08 bits per heavy atom. The summed E-state index contributed by atoms with van der Waals surface area (Å²) in [6.45, 7) is 6.65. The second-order valence-electron chi connectivity index (χ2n) is 6.91. The zero-order valence-corrected chi connectivity index (χ0v) is 15.2. The number of nitrogens with zero attached hydrogens (tertiary/aromatic N) is 2. The molecule has 0 aliphatic carbocycles. The van der Waals surface area contributed by atoms with E-state index in [4.69, 9.17) is 0 Å². The highest BCUT2D eigenvalue weighted by atomic mass is 15.0. The van der Waals surface area contributed by atoms with Crippen LogP contribution in [0.5, 0.6) is 0 Å². The van der Waals surface area contributed by atoms with Crippen molar-refractivity contribution in [3.8, 4) is 0 Å². The largest absolute Gasteiger partial charge is 0.347 e. The molecule has 2 nitrogen and oxygen atoms in total. The van der Waals surface area contributed by atoms with Crippen LogP contribution in [0.1, 0.15) is 37.8 Å². The quantitative estimate of drug-likeness (QED) is 0.410. The van der Waals surface area contributed by atoms with E-state index < -0.39 is 0 Å². The number of para-hydroxylation sites is 2. The van der Waals surface area contributed by atoms with Crippen LogP contribution in [0.4, 0.5) is 0 Å². The second-order valence-corrected chi connectivity index (χ2v) is 6.91. The van der Waals surface area contributed by atoms with Crippen molar-refractivity contribution in [3.63, 3.8) is 0 Å². The van der Waals surface area contributed by atoms with Gasteiger partial charge in [0, 0.05) is 53.7 Å². The van der Waals surface area contributed by atoms with Crippen LogP contribution in [0.25, 0.3) is 21.8 Å². The van der Waals surface area contributed by atoms with Crippen LogP contribution < -0.4 is 0 Å². The topological polar surface area (TPSA) is 9.86 Å². The first kappa shape index (κ1) is 16.0. The van der Waals surface area contributed by atoms with Crippen LogP contribution in [-0.4, -0.2) is 9.13 Å². The number of aromatic nitrogens is 2. The van der Waals surface area contributed by atoms with Gasteiger partial charge < -0.3 is 9.13 Å². The van der Waals surface area contributed by atoms with Gasteiger partial charge in [-0.2, -0.15) is 0 Å². The average Bonchev–Trinajstić information content (AvgIpc) is 3.16. The maximum Gasteiger partial charge on any atom is 0.0483 e. The summed E-state index contributed by atoms with van der Waals surface area (Å²) in [7, 11) is 0. The van der Waals surface area contributed by atoms with Crippen molar-refractivity contribution in [2.45, 2.75) is 46.2 Å². The van der Waals surface area contributed by atoms with Gasteiger partial charge >= 0.3 is 0 Å². The first-order chi connectivity index (χ1) is 12.3. The molecule has 0 spiro atoms. The fourth-order valence-electron chi connectivity index (χ4n) is 3.98. The van der Waals surface area contributed by atoms with E-state index in [1.807, 2.05) is 0 Å². The minimum Gasteiger partial charge on any atom is -0.347 e. The highest BCUT2D eigenvalue weighted by Crippen LogP contribution is 2.28. The first-order valence-corrected chi connectivity index (χ1v) is 9.45. The molecule has 0 bridgehead atoms. The number of hydrogen-bond acceptors (Lipinski definition) is 0. The predicted molar refractivity (Wildman–Crippen MR) is 107 cm³/mol. The van der Waals surface area contributed by atoms with Gasteiger partial charge in [-0.25, -0.2) is 0 Å². The third kappa shape index (κ3) is 2.86. The lowest BCUT2D eigenvalue weighted by molar-refractivity contribution is 0.699. The van der Waals surface area contributed by atoms with Gasteiger partial charge in [0.2, 0.25) is 0 Å². The Hall–Kier alpha value is -2.48. The molecule has 0 amide bonds. The van der Waals surface area contributed by atoms with Crippen molar-refractivity contribution in [3.05, 3.63) is 72.1 Å². The number of aryl methyl sites for hydroxylation is 2. The molecule has 2 aromatic heterocycles. The Morgan fingerprint density at radius 3 is 1.52 bits per heavy atom. The summed E-state index contributed by atoms with van der Waals surface area (Å²) in [6.07, 6.45) is 8.04. The molecule has 0 N–H and O–H groups in total. The molecule has 2 heterocycles. The molecule has 4 rings (SSSR count). The first-order valence-electron chi connectivity index (χ1n) is 9.45. The second kappa shape index (κ2) is 6.79. The Balaban J connectivity index is 1.81. The number of fused-ring (bicyclic) bond motifs is 2. The molecule has 4 aromatic rings. The summed E-state index contributed by atoms with van der Waals surface area (Å²) in [6, 6.07) is 17.6. The van der Waals surface area contributed by atoms with E-state index in [0.717, 1.165) is 32.4 Å². The van der Waals surface area contributed by atoms with E-state index in [0.29, 0.717) is 0 Å². The molecule has 0 atom stereocenters. The normalized spacial score (nSPS) is 11.6. The third-order valence-electron chi connectivity index (χ3n) is 5.05. The minimum atomic E-state index is 0.994. The lowest BCUT2D eigenvalue weighted by Crippen LogP contribution is -1.94. The van der Waals surface area contributed by atoms with E-state index in [1.54, 1.807) is 0 Å². The highest BCUT2D eigenvalue weighted by molar-refractivity contribution is 5.87. The van der Waals surface area contributed by atoms with Crippen LogP contribution >= 0.6 is 0 Å². The molecule has 128 valence electrons. The molecule has 0 fully saturated rings. The predicted octanol–water partition coefficient (Wildman–Crippen LogP) is 6.01. The maximum absolute atomic E-state index is 2.41. The third-order valence-corrected chi connectivity index (χ3v) is 5.05. The van der Waals surface area contributed by atoms with E-state index in [-0.39, 0.29) is 0 Å². The van der Waals surface area contributed by atoms with Gasteiger partial charge in [0.15, 0.2) is 0 Å². The maximum atomic E-state index is 2.41. The number of rotatable bonds is 6. The monoisotopic (exact) mass is 330 g/mol. The standard InChI is InChI=1S/C23H26N2/c1-3-13-24-16-18(20-9-5-7-11-22(20)24)15-19-17-25(14-4-2)23-12-8-6-10-21(19)23/h5-12,16-17H,3-4,13-15H2,1-2H3. The van der Waals surface area contributed by atoms with Gasteiger partial charge in [-0.1, -0.05) is 50.2 Å². The van der Waals surface area contributed by atoms with E-state index in [9.17, 15) is 0 Å².